The highest BCUT2D eigenvalue weighted by Crippen LogP contribution is 2.38. The molecule has 1 N–H and O–H groups in total. The molecule has 0 unspecified atom stereocenters. The molecule has 2 heterocycles. The maximum atomic E-state index is 13.7. The van der Waals surface area contributed by atoms with E-state index in [-0.39, 0.29) is 5.56 Å². The topological polar surface area (TPSA) is 54.9 Å². The number of nitrogens with zero attached hydrogens (tertiary/aromatic N) is 2. The highest BCUT2D eigenvalue weighted by Gasteiger charge is 2.21. The lowest BCUT2D eigenvalue weighted by Gasteiger charge is -2.26. The highest BCUT2D eigenvalue weighted by molar-refractivity contribution is 6.04. The standard InChI is InChI=1S/C21H22FN3O/c1-13(2)15-5-4-14(3)18(10-15)16-6-9-24-20(11-16)25-21(26)17-7-8-23-12-19(17)22/h6-9,11-12,15H,1,4-5,10H2,2-3H3,(H,24,25,26)/t15-/m0/s1. The molecule has 134 valence electrons. The Morgan fingerprint density at radius 1 is 1.35 bits per heavy atom. The third-order valence-electron chi connectivity index (χ3n) is 4.90. The summed E-state index contributed by atoms with van der Waals surface area (Å²) in [5.74, 6) is -0.313. The van der Waals surface area contributed by atoms with Gasteiger partial charge in [-0.15, -0.1) is 0 Å². The molecule has 1 aliphatic rings. The molecular formula is C21H22FN3O. The van der Waals surface area contributed by atoms with E-state index in [1.165, 1.54) is 29.0 Å². The van der Waals surface area contributed by atoms with Crippen LogP contribution in [0.3, 0.4) is 0 Å². The van der Waals surface area contributed by atoms with Gasteiger partial charge in [0.1, 0.15) is 5.82 Å². The number of carbonyl (C=O) groups is 1. The fourth-order valence-corrected chi connectivity index (χ4v) is 3.28. The van der Waals surface area contributed by atoms with Crippen LogP contribution < -0.4 is 5.32 Å². The van der Waals surface area contributed by atoms with Gasteiger partial charge in [0.05, 0.1) is 11.8 Å². The van der Waals surface area contributed by atoms with E-state index in [1.54, 1.807) is 6.20 Å². The maximum Gasteiger partial charge on any atom is 0.259 e. The van der Waals surface area contributed by atoms with Crippen molar-refractivity contribution in [2.45, 2.75) is 33.1 Å². The van der Waals surface area contributed by atoms with Crippen molar-refractivity contribution in [2.24, 2.45) is 5.92 Å². The van der Waals surface area contributed by atoms with Gasteiger partial charge in [0.2, 0.25) is 0 Å². The first-order valence-electron chi connectivity index (χ1n) is 8.67. The van der Waals surface area contributed by atoms with Crippen molar-refractivity contribution >= 4 is 17.3 Å². The van der Waals surface area contributed by atoms with Crippen LogP contribution in [0, 0.1) is 11.7 Å². The Hall–Kier alpha value is -2.82. The lowest BCUT2D eigenvalue weighted by molar-refractivity contribution is 0.102. The van der Waals surface area contributed by atoms with Gasteiger partial charge in [-0.2, -0.15) is 0 Å². The summed E-state index contributed by atoms with van der Waals surface area (Å²) in [7, 11) is 0. The predicted octanol–water partition coefficient (Wildman–Crippen LogP) is 5.02. The monoisotopic (exact) mass is 351 g/mol. The summed E-state index contributed by atoms with van der Waals surface area (Å²) in [4.78, 5) is 20.1. The number of amides is 1. The molecular weight excluding hydrogens is 329 g/mol. The Bertz CT molecular complexity index is 888. The number of halogens is 1. The molecule has 0 spiro atoms. The van der Waals surface area contributed by atoms with Crippen molar-refractivity contribution in [3.8, 4) is 0 Å². The van der Waals surface area contributed by atoms with Gasteiger partial charge in [-0.05, 0) is 68.4 Å². The first-order valence-corrected chi connectivity index (χ1v) is 8.67. The number of anilines is 1. The SMILES string of the molecule is C=C(C)[C@H]1CCC(C)=C(c2ccnc(NC(=O)c3ccncc3F)c2)C1. The van der Waals surface area contributed by atoms with Crippen molar-refractivity contribution in [1.82, 2.24) is 9.97 Å². The Morgan fingerprint density at radius 2 is 2.15 bits per heavy atom. The van der Waals surface area contributed by atoms with Gasteiger partial charge in [-0.25, -0.2) is 9.37 Å². The van der Waals surface area contributed by atoms with Crippen LogP contribution >= 0.6 is 0 Å². The van der Waals surface area contributed by atoms with E-state index in [0.717, 1.165) is 31.0 Å². The van der Waals surface area contributed by atoms with Crippen LogP contribution in [0.2, 0.25) is 0 Å². The van der Waals surface area contributed by atoms with Crippen LogP contribution in [0.25, 0.3) is 5.57 Å². The van der Waals surface area contributed by atoms with E-state index in [9.17, 15) is 9.18 Å². The zero-order valence-electron chi connectivity index (χ0n) is 15.1. The number of hydrogen-bond acceptors (Lipinski definition) is 3. The Labute approximate surface area is 152 Å². The van der Waals surface area contributed by atoms with Crippen LogP contribution in [0.4, 0.5) is 10.2 Å². The van der Waals surface area contributed by atoms with Gasteiger partial charge < -0.3 is 5.32 Å². The van der Waals surface area contributed by atoms with E-state index in [1.807, 2.05) is 12.1 Å². The third-order valence-corrected chi connectivity index (χ3v) is 4.90. The van der Waals surface area contributed by atoms with Gasteiger partial charge in [-0.3, -0.25) is 9.78 Å². The Morgan fingerprint density at radius 3 is 2.88 bits per heavy atom. The van der Waals surface area contributed by atoms with Gasteiger partial charge >= 0.3 is 0 Å². The van der Waals surface area contributed by atoms with Gasteiger partial charge in [0, 0.05) is 12.4 Å². The Kier molecular flexibility index (Phi) is 5.26. The van der Waals surface area contributed by atoms with E-state index in [0.29, 0.717) is 11.7 Å². The minimum atomic E-state index is -0.656. The molecule has 2 aromatic rings. The second kappa shape index (κ2) is 7.60. The molecule has 5 heteroatoms. The average molecular weight is 351 g/mol. The molecule has 3 rings (SSSR count). The third kappa shape index (κ3) is 3.87. The number of hydrogen-bond donors (Lipinski definition) is 1. The van der Waals surface area contributed by atoms with Crippen LogP contribution in [0.5, 0.6) is 0 Å². The lowest BCUT2D eigenvalue weighted by atomic mass is 9.79. The number of pyridine rings is 2. The number of carbonyl (C=O) groups excluding carboxylic acids is 1. The van der Waals surface area contributed by atoms with Gasteiger partial charge in [0.25, 0.3) is 5.91 Å². The molecule has 0 bridgehead atoms. The van der Waals surface area contributed by atoms with Crippen molar-refractivity contribution < 1.29 is 9.18 Å². The van der Waals surface area contributed by atoms with Crippen molar-refractivity contribution in [1.29, 1.82) is 0 Å². The molecule has 1 atom stereocenters. The van der Waals surface area contributed by atoms with Crippen LogP contribution in [0.1, 0.15) is 49.0 Å². The molecule has 26 heavy (non-hydrogen) atoms. The summed E-state index contributed by atoms with van der Waals surface area (Å²) in [6.07, 6.45) is 7.18. The second-order valence-corrected chi connectivity index (χ2v) is 6.78. The van der Waals surface area contributed by atoms with Gasteiger partial charge in [-0.1, -0.05) is 17.7 Å². The van der Waals surface area contributed by atoms with Gasteiger partial charge in [0.15, 0.2) is 5.82 Å². The summed E-state index contributed by atoms with van der Waals surface area (Å²) in [6.45, 7) is 8.32. The zero-order chi connectivity index (χ0) is 18.7. The summed E-state index contributed by atoms with van der Waals surface area (Å²) >= 11 is 0. The van der Waals surface area contributed by atoms with Crippen LogP contribution in [-0.4, -0.2) is 15.9 Å². The first-order chi connectivity index (χ1) is 12.5. The highest BCUT2D eigenvalue weighted by atomic mass is 19.1. The molecule has 1 amide bonds. The number of nitrogens with one attached hydrogen (secondary N) is 1. The average Bonchev–Trinajstić information content (AvgIpc) is 2.62. The Balaban J connectivity index is 1.83. The fraction of sp³-hybridized carbons (Fsp3) is 0.286. The van der Waals surface area contributed by atoms with E-state index in [2.05, 4.69) is 35.7 Å². The zero-order valence-corrected chi connectivity index (χ0v) is 15.1. The molecule has 0 aliphatic heterocycles. The number of allylic oxidation sites excluding steroid dienone is 3. The van der Waals surface area contributed by atoms with E-state index in [4.69, 9.17) is 0 Å². The smallest absolute Gasteiger partial charge is 0.259 e. The van der Waals surface area contributed by atoms with E-state index >= 15 is 0 Å². The number of aromatic nitrogens is 2. The van der Waals surface area contributed by atoms with E-state index < -0.39 is 11.7 Å². The molecule has 4 nitrogen and oxygen atoms in total. The second-order valence-electron chi connectivity index (χ2n) is 6.78. The summed E-state index contributed by atoms with van der Waals surface area (Å²) < 4.78 is 13.7. The van der Waals surface area contributed by atoms with Crippen molar-refractivity contribution in [2.75, 3.05) is 5.32 Å². The van der Waals surface area contributed by atoms with Crippen LogP contribution in [0.15, 0.2) is 54.5 Å². The quantitative estimate of drug-likeness (QED) is 0.787. The maximum absolute atomic E-state index is 13.7. The molecule has 0 fully saturated rings. The lowest BCUT2D eigenvalue weighted by Crippen LogP contribution is -2.15. The fourth-order valence-electron chi connectivity index (χ4n) is 3.28. The normalized spacial score (nSPS) is 17.1. The van der Waals surface area contributed by atoms with Crippen molar-refractivity contribution in [3.63, 3.8) is 0 Å². The summed E-state index contributed by atoms with van der Waals surface area (Å²) in [6, 6.07) is 5.14. The molecule has 0 saturated heterocycles. The first kappa shape index (κ1) is 18.0. The molecule has 0 saturated carbocycles. The molecule has 2 aromatic heterocycles. The largest absolute Gasteiger partial charge is 0.306 e. The number of rotatable bonds is 4. The minimum absolute atomic E-state index is 0.0531. The molecule has 0 radical (unpaired) electrons. The minimum Gasteiger partial charge on any atom is -0.306 e. The summed E-state index contributed by atoms with van der Waals surface area (Å²) in [5, 5.41) is 2.67. The van der Waals surface area contributed by atoms with Crippen molar-refractivity contribution in [3.05, 3.63) is 71.5 Å². The predicted molar refractivity (Wildman–Crippen MR) is 101 cm³/mol. The summed E-state index contributed by atoms with van der Waals surface area (Å²) in [5.41, 5.74) is 4.81. The molecule has 0 aromatic carbocycles. The van der Waals surface area contributed by atoms with Crippen LogP contribution in [-0.2, 0) is 0 Å². The molecule has 1 aliphatic carbocycles.